The van der Waals surface area contributed by atoms with Crippen LogP contribution in [-0.4, -0.2) is 46.9 Å². The summed E-state index contributed by atoms with van der Waals surface area (Å²) < 4.78 is 0. The van der Waals surface area contributed by atoms with Gasteiger partial charge >= 0.3 is 0 Å². The normalized spacial score (nSPS) is 14.5. The van der Waals surface area contributed by atoms with Crippen LogP contribution < -0.4 is 4.90 Å². The highest BCUT2D eigenvalue weighted by Crippen LogP contribution is 2.18. The van der Waals surface area contributed by atoms with E-state index in [1.807, 2.05) is 41.0 Å². The molecule has 0 aliphatic carbocycles. The highest BCUT2D eigenvalue weighted by Gasteiger charge is 2.23. The molecule has 0 atom stereocenters. The summed E-state index contributed by atoms with van der Waals surface area (Å²) in [5, 5.41) is 10.7. The number of carbonyl (C=O) groups excluding carboxylic acids is 1. The first-order valence-electron chi connectivity index (χ1n) is 7.76. The van der Waals surface area contributed by atoms with Crippen molar-refractivity contribution in [2.75, 3.05) is 31.1 Å². The molecular weight excluding hydrogens is 308 g/mol. The molecule has 0 spiro atoms. The maximum Gasteiger partial charge on any atom is 0.287 e. The number of nitro groups is 1. The van der Waals surface area contributed by atoms with E-state index < -0.39 is 4.92 Å². The number of anilines is 1. The molecule has 1 saturated heterocycles. The molecular formula is C17H18N4O3. The molecule has 1 aliphatic rings. The van der Waals surface area contributed by atoms with Gasteiger partial charge in [-0.2, -0.15) is 0 Å². The summed E-state index contributed by atoms with van der Waals surface area (Å²) in [4.78, 5) is 30.7. The van der Waals surface area contributed by atoms with Crippen LogP contribution in [0.5, 0.6) is 0 Å². The number of benzene rings is 1. The number of nitrogens with zero attached hydrogens (tertiary/aromatic N) is 4. The Morgan fingerprint density at radius 3 is 2.50 bits per heavy atom. The molecule has 24 heavy (non-hydrogen) atoms. The van der Waals surface area contributed by atoms with Gasteiger partial charge in [-0.3, -0.25) is 14.9 Å². The summed E-state index contributed by atoms with van der Waals surface area (Å²) in [6.07, 6.45) is 1.26. The summed E-state index contributed by atoms with van der Waals surface area (Å²) in [6, 6.07) is 10.7. The van der Waals surface area contributed by atoms with E-state index >= 15 is 0 Å². The zero-order valence-electron chi connectivity index (χ0n) is 13.4. The topological polar surface area (TPSA) is 79.6 Å². The molecule has 1 fully saturated rings. The zero-order chi connectivity index (χ0) is 17.1. The Hall–Kier alpha value is -2.96. The SMILES string of the molecule is Cc1cccc(C(=O)N2CCN(c3ccc([N+](=O)[O-])cn3)CC2)c1. The molecule has 0 N–H and O–H groups in total. The van der Waals surface area contributed by atoms with Crippen molar-refractivity contribution in [1.29, 1.82) is 0 Å². The molecule has 1 aromatic heterocycles. The van der Waals surface area contributed by atoms with Crippen molar-refractivity contribution < 1.29 is 9.72 Å². The fourth-order valence-corrected chi connectivity index (χ4v) is 2.77. The van der Waals surface area contributed by atoms with Crippen molar-refractivity contribution in [3.05, 3.63) is 63.8 Å². The Kier molecular flexibility index (Phi) is 4.41. The zero-order valence-corrected chi connectivity index (χ0v) is 13.4. The molecule has 124 valence electrons. The quantitative estimate of drug-likeness (QED) is 0.638. The minimum absolute atomic E-state index is 0.0213. The van der Waals surface area contributed by atoms with E-state index in [9.17, 15) is 14.9 Å². The van der Waals surface area contributed by atoms with Gasteiger partial charge in [0.05, 0.1) is 4.92 Å². The first-order chi connectivity index (χ1) is 11.5. The number of pyridine rings is 1. The van der Waals surface area contributed by atoms with Crippen LogP contribution in [0.3, 0.4) is 0 Å². The van der Waals surface area contributed by atoms with Crippen LogP contribution in [0, 0.1) is 17.0 Å². The predicted molar refractivity (Wildman–Crippen MR) is 90.2 cm³/mol. The van der Waals surface area contributed by atoms with Gasteiger partial charge in [0.15, 0.2) is 0 Å². The standard InChI is InChI=1S/C17H18N4O3/c1-13-3-2-4-14(11-13)17(22)20-9-7-19(8-10-20)16-6-5-15(12-18-16)21(23)24/h2-6,11-12H,7-10H2,1H3. The average molecular weight is 326 g/mol. The third-order valence-electron chi connectivity index (χ3n) is 4.10. The van der Waals surface area contributed by atoms with Crippen LogP contribution >= 0.6 is 0 Å². The van der Waals surface area contributed by atoms with Crippen LogP contribution in [0.15, 0.2) is 42.6 Å². The van der Waals surface area contributed by atoms with E-state index in [0.717, 1.165) is 5.56 Å². The Morgan fingerprint density at radius 1 is 1.17 bits per heavy atom. The summed E-state index contributed by atoms with van der Waals surface area (Å²) in [5.74, 6) is 0.735. The maximum absolute atomic E-state index is 12.5. The van der Waals surface area contributed by atoms with Gasteiger partial charge < -0.3 is 9.80 Å². The number of aryl methyl sites for hydroxylation is 1. The third-order valence-corrected chi connectivity index (χ3v) is 4.10. The van der Waals surface area contributed by atoms with E-state index in [1.165, 1.54) is 12.3 Å². The number of piperazine rings is 1. The summed E-state index contributed by atoms with van der Waals surface area (Å²) in [7, 11) is 0. The average Bonchev–Trinajstić information content (AvgIpc) is 2.61. The lowest BCUT2D eigenvalue weighted by atomic mass is 10.1. The highest BCUT2D eigenvalue weighted by molar-refractivity contribution is 5.94. The van der Waals surface area contributed by atoms with E-state index in [1.54, 1.807) is 6.07 Å². The maximum atomic E-state index is 12.5. The van der Waals surface area contributed by atoms with Gasteiger partial charge in [-0.15, -0.1) is 0 Å². The number of rotatable bonds is 3. The molecule has 1 aromatic carbocycles. The largest absolute Gasteiger partial charge is 0.353 e. The Bertz CT molecular complexity index is 753. The lowest BCUT2D eigenvalue weighted by Crippen LogP contribution is -2.49. The molecule has 2 aromatic rings. The summed E-state index contributed by atoms with van der Waals surface area (Å²) in [5.41, 5.74) is 1.75. The van der Waals surface area contributed by atoms with Gasteiger partial charge in [0.1, 0.15) is 12.0 Å². The molecule has 0 radical (unpaired) electrons. The van der Waals surface area contributed by atoms with Crippen LogP contribution in [0.2, 0.25) is 0 Å². The second-order valence-electron chi connectivity index (χ2n) is 5.78. The minimum atomic E-state index is -0.463. The molecule has 1 amide bonds. The fourth-order valence-electron chi connectivity index (χ4n) is 2.77. The molecule has 0 saturated carbocycles. The van der Waals surface area contributed by atoms with Crippen LogP contribution in [0.1, 0.15) is 15.9 Å². The van der Waals surface area contributed by atoms with Crippen molar-refractivity contribution in [3.8, 4) is 0 Å². The first kappa shape index (κ1) is 15.9. The molecule has 2 heterocycles. The first-order valence-corrected chi connectivity index (χ1v) is 7.76. The highest BCUT2D eigenvalue weighted by atomic mass is 16.6. The third kappa shape index (κ3) is 3.34. The van der Waals surface area contributed by atoms with Crippen molar-refractivity contribution in [1.82, 2.24) is 9.88 Å². The van der Waals surface area contributed by atoms with Gasteiger partial charge in [0.25, 0.3) is 11.6 Å². The van der Waals surface area contributed by atoms with E-state index in [2.05, 4.69) is 4.98 Å². The monoisotopic (exact) mass is 326 g/mol. The minimum Gasteiger partial charge on any atom is -0.353 e. The van der Waals surface area contributed by atoms with Gasteiger partial charge in [-0.05, 0) is 25.1 Å². The van der Waals surface area contributed by atoms with Gasteiger partial charge in [-0.25, -0.2) is 4.98 Å². The lowest BCUT2D eigenvalue weighted by molar-refractivity contribution is -0.385. The summed E-state index contributed by atoms with van der Waals surface area (Å²) >= 11 is 0. The van der Waals surface area contributed by atoms with Gasteiger partial charge in [0, 0.05) is 37.8 Å². The Labute approximate surface area is 139 Å². The molecule has 0 unspecified atom stereocenters. The second kappa shape index (κ2) is 6.66. The van der Waals surface area contributed by atoms with Crippen molar-refractivity contribution in [2.24, 2.45) is 0 Å². The van der Waals surface area contributed by atoms with Gasteiger partial charge in [-0.1, -0.05) is 17.7 Å². The fraction of sp³-hybridized carbons (Fsp3) is 0.294. The van der Waals surface area contributed by atoms with Gasteiger partial charge in [0.2, 0.25) is 0 Å². The Balaban J connectivity index is 1.63. The molecule has 1 aliphatic heterocycles. The molecule has 0 bridgehead atoms. The molecule has 7 nitrogen and oxygen atoms in total. The number of hydrogen-bond acceptors (Lipinski definition) is 5. The molecule has 3 rings (SSSR count). The van der Waals surface area contributed by atoms with E-state index in [0.29, 0.717) is 37.6 Å². The van der Waals surface area contributed by atoms with Crippen LogP contribution in [-0.2, 0) is 0 Å². The number of carbonyl (C=O) groups is 1. The van der Waals surface area contributed by atoms with E-state index in [-0.39, 0.29) is 11.6 Å². The van der Waals surface area contributed by atoms with E-state index in [4.69, 9.17) is 0 Å². The predicted octanol–water partition coefficient (Wildman–Crippen LogP) is 2.26. The van der Waals surface area contributed by atoms with Crippen molar-refractivity contribution >= 4 is 17.4 Å². The smallest absolute Gasteiger partial charge is 0.287 e. The number of hydrogen-bond donors (Lipinski definition) is 0. The Morgan fingerprint density at radius 2 is 1.92 bits per heavy atom. The lowest BCUT2D eigenvalue weighted by Gasteiger charge is -2.35. The summed E-state index contributed by atoms with van der Waals surface area (Å²) in [6.45, 7) is 4.48. The number of aromatic nitrogens is 1. The molecule has 7 heteroatoms. The number of amides is 1. The second-order valence-corrected chi connectivity index (χ2v) is 5.78. The van der Waals surface area contributed by atoms with Crippen LogP contribution in [0.25, 0.3) is 0 Å². The van der Waals surface area contributed by atoms with Crippen LogP contribution in [0.4, 0.5) is 11.5 Å². The van der Waals surface area contributed by atoms with Crippen molar-refractivity contribution in [2.45, 2.75) is 6.92 Å². The van der Waals surface area contributed by atoms with Crippen molar-refractivity contribution in [3.63, 3.8) is 0 Å².